The lowest BCUT2D eigenvalue weighted by molar-refractivity contribution is 0.0525. The van der Waals surface area contributed by atoms with Crippen molar-refractivity contribution >= 4 is 39.1 Å². The van der Waals surface area contributed by atoms with Crippen molar-refractivity contribution in [3.05, 3.63) is 43.3 Å². The first-order chi connectivity index (χ1) is 12.9. The number of carbonyl (C=O) groups excluding carboxylic acids is 2. The van der Waals surface area contributed by atoms with E-state index in [2.05, 4.69) is 37.9 Å². The maximum Gasteiger partial charge on any atom is 0.340 e. The molecule has 0 aromatic carbocycles. The van der Waals surface area contributed by atoms with E-state index in [-0.39, 0.29) is 11.9 Å². The highest BCUT2D eigenvalue weighted by Gasteiger charge is 2.28. The van der Waals surface area contributed by atoms with Gasteiger partial charge in [0, 0.05) is 43.3 Å². The summed E-state index contributed by atoms with van der Waals surface area (Å²) in [6.07, 6.45) is 0. The van der Waals surface area contributed by atoms with Crippen LogP contribution in [0.15, 0.2) is 15.9 Å². The smallest absolute Gasteiger partial charge is 0.340 e. The first kappa shape index (κ1) is 20.1. The summed E-state index contributed by atoms with van der Waals surface area (Å²) < 4.78 is 6.25. The van der Waals surface area contributed by atoms with Crippen LogP contribution in [0, 0.1) is 13.8 Å². The van der Waals surface area contributed by atoms with E-state index in [1.807, 2.05) is 4.90 Å². The Labute approximate surface area is 171 Å². The third-order valence-corrected chi connectivity index (χ3v) is 6.41. The Morgan fingerprint density at radius 2 is 1.93 bits per heavy atom. The number of nitrogens with one attached hydrogen (secondary N) is 1. The molecule has 0 atom stereocenters. The fraction of sp³-hybridized carbons (Fsp3) is 0.474. The van der Waals surface area contributed by atoms with Crippen molar-refractivity contribution in [1.82, 2.24) is 14.8 Å². The van der Waals surface area contributed by atoms with E-state index in [9.17, 15) is 9.59 Å². The van der Waals surface area contributed by atoms with Crippen LogP contribution in [-0.2, 0) is 11.3 Å². The van der Waals surface area contributed by atoms with Crippen molar-refractivity contribution in [2.24, 2.45) is 0 Å². The summed E-state index contributed by atoms with van der Waals surface area (Å²) >= 11 is 5.24. The van der Waals surface area contributed by atoms with E-state index in [0.29, 0.717) is 42.2 Å². The summed E-state index contributed by atoms with van der Waals surface area (Å²) in [7, 11) is 0. The average molecular weight is 454 g/mol. The number of hydrogen-bond donors (Lipinski definition) is 1. The molecule has 2 aromatic heterocycles. The van der Waals surface area contributed by atoms with Crippen LogP contribution >= 0.6 is 27.3 Å². The van der Waals surface area contributed by atoms with Gasteiger partial charge in [-0.1, -0.05) is 0 Å². The molecule has 1 fully saturated rings. The number of aromatic nitrogens is 1. The molecule has 8 heteroatoms. The van der Waals surface area contributed by atoms with Crippen LogP contribution in [0.25, 0.3) is 0 Å². The second kappa shape index (κ2) is 8.58. The molecular formula is C19H24BrN3O3S. The molecule has 27 heavy (non-hydrogen) atoms. The molecule has 1 N–H and O–H groups in total. The Kier molecular flexibility index (Phi) is 6.39. The number of aromatic amines is 1. The molecule has 146 valence electrons. The van der Waals surface area contributed by atoms with Gasteiger partial charge in [-0.2, -0.15) is 0 Å². The van der Waals surface area contributed by atoms with Gasteiger partial charge in [-0.3, -0.25) is 9.69 Å². The second-order valence-corrected chi connectivity index (χ2v) is 9.17. The van der Waals surface area contributed by atoms with Crippen LogP contribution in [0.3, 0.4) is 0 Å². The zero-order valence-corrected chi connectivity index (χ0v) is 18.2. The maximum absolute atomic E-state index is 13.0. The molecule has 6 nitrogen and oxygen atoms in total. The molecule has 0 spiro atoms. The third kappa shape index (κ3) is 4.44. The summed E-state index contributed by atoms with van der Waals surface area (Å²) in [6.45, 7) is 9.63. The lowest BCUT2D eigenvalue weighted by Gasteiger charge is -2.34. The molecule has 2 aromatic rings. The summed E-state index contributed by atoms with van der Waals surface area (Å²) in [5.41, 5.74) is 2.31. The largest absolute Gasteiger partial charge is 0.462 e. The molecule has 0 aliphatic carbocycles. The van der Waals surface area contributed by atoms with Crippen LogP contribution in [0.1, 0.15) is 43.9 Å². The van der Waals surface area contributed by atoms with Gasteiger partial charge in [0.1, 0.15) is 5.69 Å². The number of halogens is 1. The van der Waals surface area contributed by atoms with Gasteiger partial charge >= 0.3 is 5.97 Å². The fourth-order valence-corrected chi connectivity index (χ4v) is 4.92. The Bertz CT molecular complexity index is 837. The lowest BCUT2D eigenvalue weighted by Crippen LogP contribution is -2.48. The van der Waals surface area contributed by atoms with Gasteiger partial charge in [-0.25, -0.2) is 4.79 Å². The molecule has 0 unspecified atom stereocenters. The molecule has 1 amide bonds. The third-order valence-electron chi connectivity index (χ3n) is 4.80. The van der Waals surface area contributed by atoms with Crippen LogP contribution in [0.5, 0.6) is 0 Å². The predicted molar refractivity (Wildman–Crippen MR) is 109 cm³/mol. The number of thiophene rings is 1. The molecular weight excluding hydrogens is 430 g/mol. The summed E-state index contributed by atoms with van der Waals surface area (Å²) in [5.74, 6) is -0.431. The zero-order valence-electron chi connectivity index (χ0n) is 15.8. The molecule has 0 radical (unpaired) electrons. The van der Waals surface area contributed by atoms with Crippen LogP contribution in [-0.4, -0.2) is 59.4 Å². The SMILES string of the molecule is CCOC(=O)c1c(C)[nH]c(C(=O)N2CCN(Cc3ccc(Br)s3)CC2)c1C. The minimum atomic E-state index is -0.380. The molecule has 3 rings (SSSR count). The van der Waals surface area contributed by atoms with Gasteiger partial charge in [0.25, 0.3) is 5.91 Å². The van der Waals surface area contributed by atoms with Crippen molar-refractivity contribution in [1.29, 1.82) is 0 Å². The van der Waals surface area contributed by atoms with E-state index < -0.39 is 0 Å². The molecule has 1 aliphatic rings. The first-order valence-electron chi connectivity index (χ1n) is 9.02. The topological polar surface area (TPSA) is 65.6 Å². The standard InChI is InChI=1S/C19H24BrN3O3S/c1-4-26-19(25)16-12(2)17(21-13(16)3)18(24)23-9-7-22(8-10-23)11-14-5-6-15(20)27-14/h5-6,21H,4,7-11H2,1-3H3. The quantitative estimate of drug-likeness (QED) is 0.702. The van der Waals surface area contributed by atoms with E-state index in [4.69, 9.17) is 4.74 Å². The number of rotatable bonds is 5. The lowest BCUT2D eigenvalue weighted by atomic mass is 10.1. The highest BCUT2D eigenvalue weighted by Crippen LogP contribution is 2.24. The number of aryl methyl sites for hydroxylation is 1. The minimum Gasteiger partial charge on any atom is -0.462 e. The molecule has 1 saturated heterocycles. The summed E-state index contributed by atoms with van der Waals surface area (Å²) in [6, 6.07) is 4.20. The number of hydrogen-bond acceptors (Lipinski definition) is 5. The van der Waals surface area contributed by atoms with Crippen molar-refractivity contribution < 1.29 is 14.3 Å². The Morgan fingerprint density at radius 1 is 1.22 bits per heavy atom. The number of H-pyrrole nitrogens is 1. The number of esters is 1. The zero-order chi connectivity index (χ0) is 19.6. The Hall–Kier alpha value is -1.64. The number of piperazine rings is 1. The highest BCUT2D eigenvalue weighted by molar-refractivity contribution is 9.11. The maximum atomic E-state index is 13.0. The van der Waals surface area contributed by atoms with Gasteiger partial charge in [0.05, 0.1) is 16.0 Å². The fourth-order valence-electron chi connectivity index (χ4n) is 3.40. The van der Waals surface area contributed by atoms with Crippen molar-refractivity contribution in [2.45, 2.75) is 27.3 Å². The normalized spacial score (nSPS) is 15.2. The van der Waals surface area contributed by atoms with Gasteiger partial charge < -0.3 is 14.6 Å². The molecule has 1 aliphatic heterocycles. The molecule has 0 saturated carbocycles. The van der Waals surface area contributed by atoms with Crippen molar-refractivity contribution in [3.63, 3.8) is 0 Å². The van der Waals surface area contributed by atoms with Gasteiger partial charge in [-0.15, -0.1) is 11.3 Å². The van der Waals surface area contributed by atoms with E-state index >= 15 is 0 Å². The van der Waals surface area contributed by atoms with Crippen LogP contribution in [0.2, 0.25) is 0 Å². The minimum absolute atomic E-state index is 0.0512. The average Bonchev–Trinajstić information content (AvgIpc) is 3.17. The number of nitrogens with zero attached hydrogens (tertiary/aromatic N) is 2. The van der Waals surface area contributed by atoms with Gasteiger partial charge in [0.15, 0.2) is 0 Å². The molecule has 3 heterocycles. The highest BCUT2D eigenvalue weighted by atomic mass is 79.9. The number of carbonyl (C=O) groups is 2. The monoisotopic (exact) mass is 453 g/mol. The van der Waals surface area contributed by atoms with Crippen molar-refractivity contribution in [3.8, 4) is 0 Å². The Balaban J connectivity index is 1.64. The molecule has 0 bridgehead atoms. The predicted octanol–water partition coefficient (Wildman–Crippen LogP) is 3.59. The first-order valence-corrected chi connectivity index (χ1v) is 10.6. The Morgan fingerprint density at radius 3 is 2.52 bits per heavy atom. The van der Waals surface area contributed by atoms with Gasteiger partial charge in [0.2, 0.25) is 0 Å². The van der Waals surface area contributed by atoms with Crippen LogP contribution in [0.4, 0.5) is 0 Å². The summed E-state index contributed by atoms with van der Waals surface area (Å²) in [4.78, 5) is 33.7. The van der Waals surface area contributed by atoms with Crippen molar-refractivity contribution in [2.75, 3.05) is 32.8 Å². The number of ether oxygens (including phenoxy) is 1. The number of amides is 1. The second-order valence-electron chi connectivity index (χ2n) is 6.62. The van der Waals surface area contributed by atoms with E-state index in [1.54, 1.807) is 32.1 Å². The van der Waals surface area contributed by atoms with Crippen LogP contribution < -0.4 is 0 Å². The summed E-state index contributed by atoms with van der Waals surface area (Å²) in [5, 5.41) is 0. The van der Waals surface area contributed by atoms with Gasteiger partial charge in [-0.05, 0) is 54.4 Å². The van der Waals surface area contributed by atoms with E-state index in [1.165, 1.54) is 4.88 Å². The van der Waals surface area contributed by atoms with E-state index in [0.717, 1.165) is 23.4 Å².